The maximum Gasteiger partial charge on any atom is 0.214 e. The van der Waals surface area contributed by atoms with E-state index in [1.807, 2.05) is 0 Å². The summed E-state index contributed by atoms with van der Waals surface area (Å²) in [5.74, 6) is 6.41. The Morgan fingerprint density at radius 1 is 1.57 bits per heavy atom. The molecule has 0 aliphatic heterocycles. The van der Waals surface area contributed by atoms with E-state index >= 15 is 0 Å². The van der Waals surface area contributed by atoms with Gasteiger partial charge in [-0.1, -0.05) is 0 Å². The normalized spacial score (nSPS) is 10.7. The van der Waals surface area contributed by atoms with Crippen LogP contribution in [0, 0.1) is 18.6 Å². The molecule has 0 fully saturated rings. The molecule has 0 amide bonds. The van der Waals surface area contributed by atoms with Gasteiger partial charge in [-0.25, -0.2) is 9.77 Å². The van der Waals surface area contributed by atoms with Gasteiger partial charge in [-0.05, 0) is 37.7 Å². The number of nitrogen functional groups attached to an aromatic ring is 1. The summed E-state index contributed by atoms with van der Waals surface area (Å²) in [6.07, 6.45) is 0. The molecule has 0 saturated carbocycles. The first-order chi connectivity index (χ1) is 6.59. The fraction of sp³-hybridized carbons (Fsp3) is 0.250. The number of hydrogen-bond acceptors (Lipinski definition) is 4. The van der Waals surface area contributed by atoms with Crippen LogP contribution in [0.1, 0.15) is 10.4 Å². The molecule has 3 N–H and O–H groups in total. The predicted octanol–water partition coefficient (Wildman–Crippen LogP) is 2.00. The molecule has 0 aliphatic carbocycles. The van der Waals surface area contributed by atoms with Gasteiger partial charge in [-0.2, -0.15) is 5.10 Å². The van der Waals surface area contributed by atoms with Gasteiger partial charge in [-0.15, -0.1) is 11.3 Å². The lowest BCUT2D eigenvalue weighted by molar-refractivity contribution is 0.986. The molecule has 0 saturated heterocycles. The Kier molecular flexibility index (Phi) is 2.16. The number of aryl methyl sites for hydroxylation is 2. The first-order valence-corrected chi connectivity index (χ1v) is 5.32. The molecule has 2 heterocycles. The van der Waals surface area contributed by atoms with Crippen LogP contribution in [0.3, 0.4) is 0 Å². The smallest absolute Gasteiger partial charge is 0.214 e. The molecule has 74 valence electrons. The molecule has 0 atom stereocenters. The molecule has 0 radical (unpaired) electrons. The minimum absolute atomic E-state index is 0.434. The fourth-order valence-electron chi connectivity index (χ4n) is 1.16. The van der Waals surface area contributed by atoms with Crippen molar-refractivity contribution in [2.75, 3.05) is 5.84 Å². The van der Waals surface area contributed by atoms with E-state index in [9.17, 15) is 0 Å². The molecular weight excluding hydrogens is 216 g/mol. The number of nitrogens with zero attached hydrogens (tertiary/aromatic N) is 2. The van der Waals surface area contributed by atoms with E-state index in [1.165, 1.54) is 15.1 Å². The summed E-state index contributed by atoms with van der Waals surface area (Å²) in [7, 11) is 0. The van der Waals surface area contributed by atoms with Crippen molar-refractivity contribution in [1.29, 1.82) is 0 Å². The van der Waals surface area contributed by atoms with Crippen molar-refractivity contribution in [3.8, 4) is 10.7 Å². The van der Waals surface area contributed by atoms with Gasteiger partial charge in [0, 0.05) is 4.88 Å². The Labute approximate surface area is 90.4 Å². The highest BCUT2D eigenvalue weighted by Crippen LogP contribution is 2.28. The van der Waals surface area contributed by atoms with Gasteiger partial charge in [0.1, 0.15) is 0 Å². The first-order valence-electron chi connectivity index (χ1n) is 4.09. The molecular formula is C8H10N4S2. The van der Waals surface area contributed by atoms with Crippen molar-refractivity contribution in [1.82, 2.24) is 14.9 Å². The SMILES string of the molecule is Cc1cc(-c2n[nH]c(=S)n2N)sc1C. The summed E-state index contributed by atoms with van der Waals surface area (Å²) in [5, 5.41) is 6.73. The standard InChI is InChI=1S/C8H10N4S2/c1-4-3-6(14-5(4)2)7-10-11-8(13)12(7)9/h3H,9H2,1-2H3,(H,11,13). The van der Waals surface area contributed by atoms with Crippen LogP contribution >= 0.6 is 23.6 Å². The highest BCUT2D eigenvalue weighted by molar-refractivity contribution is 7.71. The van der Waals surface area contributed by atoms with Crippen molar-refractivity contribution in [3.63, 3.8) is 0 Å². The van der Waals surface area contributed by atoms with Crippen molar-refractivity contribution >= 4 is 23.6 Å². The van der Waals surface area contributed by atoms with E-state index in [0.29, 0.717) is 10.6 Å². The minimum Gasteiger partial charge on any atom is -0.335 e. The van der Waals surface area contributed by atoms with Gasteiger partial charge in [0.25, 0.3) is 0 Å². The van der Waals surface area contributed by atoms with Crippen molar-refractivity contribution in [3.05, 3.63) is 21.3 Å². The van der Waals surface area contributed by atoms with Crippen LogP contribution in [0.2, 0.25) is 0 Å². The summed E-state index contributed by atoms with van der Waals surface area (Å²) >= 11 is 6.60. The molecule has 14 heavy (non-hydrogen) atoms. The van der Waals surface area contributed by atoms with E-state index in [1.54, 1.807) is 11.3 Å². The number of nitrogens with two attached hydrogens (primary N) is 1. The number of rotatable bonds is 1. The number of H-pyrrole nitrogens is 1. The molecule has 2 rings (SSSR count). The van der Waals surface area contributed by atoms with Crippen molar-refractivity contribution in [2.24, 2.45) is 0 Å². The third-order valence-corrected chi connectivity index (χ3v) is 3.53. The monoisotopic (exact) mass is 226 g/mol. The van der Waals surface area contributed by atoms with Gasteiger partial charge in [0.2, 0.25) is 4.77 Å². The zero-order valence-corrected chi connectivity index (χ0v) is 9.50. The van der Waals surface area contributed by atoms with Crippen LogP contribution < -0.4 is 5.84 Å². The molecule has 6 heteroatoms. The Bertz CT molecular complexity index is 500. The fourth-order valence-corrected chi connectivity index (χ4v) is 2.31. The van der Waals surface area contributed by atoms with Gasteiger partial charge in [0.05, 0.1) is 4.88 Å². The van der Waals surface area contributed by atoms with E-state index in [2.05, 4.69) is 30.1 Å². The second kappa shape index (κ2) is 3.21. The van der Waals surface area contributed by atoms with Crippen LogP contribution in [-0.4, -0.2) is 14.9 Å². The Morgan fingerprint density at radius 3 is 2.71 bits per heavy atom. The van der Waals surface area contributed by atoms with Gasteiger partial charge in [-0.3, -0.25) is 0 Å². The largest absolute Gasteiger partial charge is 0.335 e. The maximum atomic E-state index is 5.72. The summed E-state index contributed by atoms with van der Waals surface area (Å²) < 4.78 is 1.82. The lowest BCUT2D eigenvalue weighted by Crippen LogP contribution is -2.09. The summed E-state index contributed by atoms with van der Waals surface area (Å²) in [6.45, 7) is 4.14. The third-order valence-electron chi connectivity index (χ3n) is 2.09. The Hall–Kier alpha value is -1.14. The highest BCUT2D eigenvalue weighted by Gasteiger charge is 2.10. The molecule has 2 aromatic rings. The lowest BCUT2D eigenvalue weighted by atomic mass is 10.3. The predicted molar refractivity (Wildman–Crippen MR) is 60.3 cm³/mol. The Morgan fingerprint density at radius 2 is 2.29 bits per heavy atom. The zero-order chi connectivity index (χ0) is 10.3. The van der Waals surface area contributed by atoms with Gasteiger partial charge in [0.15, 0.2) is 5.82 Å². The number of aromatic amines is 1. The van der Waals surface area contributed by atoms with Crippen molar-refractivity contribution < 1.29 is 0 Å². The summed E-state index contributed by atoms with van der Waals surface area (Å²) in [4.78, 5) is 2.31. The molecule has 0 aromatic carbocycles. The lowest BCUT2D eigenvalue weighted by Gasteiger charge is -1.94. The quantitative estimate of drug-likeness (QED) is 0.577. The average molecular weight is 226 g/mol. The number of aromatic nitrogens is 3. The molecule has 0 bridgehead atoms. The van der Waals surface area contributed by atoms with Crippen LogP contribution in [0.5, 0.6) is 0 Å². The third kappa shape index (κ3) is 1.36. The molecule has 0 aliphatic rings. The molecule has 2 aromatic heterocycles. The zero-order valence-electron chi connectivity index (χ0n) is 7.87. The second-order valence-corrected chi connectivity index (χ2v) is 4.72. The second-order valence-electron chi connectivity index (χ2n) is 3.07. The number of nitrogens with one attached hydrogen (secondary N) is 1. The highest BCUT2D eigenvalue weighted by atomic mass is 32.1. The molecule has 4 nitrogen and oxygen atoms in total. The topological polar surface area (TPSA) is 59.6 Å². The maximum absolute atomic E-state index is 5.72. The van der Waals surface area contributed by atoms with Gasteiger partial charge >= 0.3 is 0 Å². The van der Waals surface area contributed by atoms with Crippen molar-refractivity contribution in [2.45, 2.75) is 13.8 Å². The van der Waals surface area contributed by atoms with Crippen LogP contribution in [0.15, 0.2) is 6.07 Å². The van der Waals surface area contributed by atoms with Crippen LogP contribution in [-0.2, 0) is 0 Å². The minimum atomic E-state index is 0.434. The number of thiophene rings is 1. The van der Waals surface area contributed by atoms with E-state index in [-0.39, 0.29) is 0 Å². The van der Waals surface area contributed by atoms with Crippen LogP contribution in [0.4, 0.5) is 0 Å². The number of hydrogen-bond donors (Lipinski definition) is 2. The van der Waals surface area contributed by atoms with E-state index in [4.69, 9.17) is 18.1 Å². The van der Waals surface area contributed by atoms with Crippen LogP contribution in [0.25, 0.3) is 10.7 Å². The first kappa shape index (κ1) is 9.42. The van der Waals surface area contributed by atoms with E-state index < -0.39 is 0 Å². The molecule has 0 spiro atoms. The Balaban J connectivity index is 2.60. The van der Waals surface area contributed by atoms with E-state index in [0.717, 1.165) is 4.88 Å². The summed E-state index contributed by atoms with van der Waals surface area (Å²) in [6, 6.07) is 2.06. The summed E-state index contributed by atoms with van der Waals surface area (Å²) in [5.41, 5.74) is 1.25. The average Bonchev–Trinajstić information content (AvgIpc) is 2.61. The van der Waals surface area contributed by atoms with Gasteiger partial charge < -0.3 is 5.84 Å². The molecule has 0 unspecified atom stereocenters.